The molecule has 1 saturated heterocycles. The van der Waals surface area contributed by atoms with Gasteiger partial charge in [-0.2, -0.15) is 0 Å². The minimum Gasteiger partial charge on any atom is -0.478 e. The fourth-order valence-corrected chi connectivity index (χ4v) is 1.04. The number of carbonyl (C=O) groups is 2. The first-order valence-corrected chi connectivity index (χ1v) is 5.34. The zero-order chi connectivity index (χ0) is 12.8. The van der Waals surface area contributed by atoms with Crippen molar-refractivity contribution in [3.63, 3.8) is 0 Å². The Morgan fingerprint density at radius 3 is 2.65 bits per heavy atom. The number of carbonyl (C=O) groups excluding carboxylic acids is 1. The van der Waals surface area contributed by atoms with Gasteiger partial charge in [-0.15, -0.1) is 0 Å². The van der Waals surface area contributed by atoms with Gasteiger partial charge >= 0.3 is 11.9 Å². The third-order valence-corrected chi connectivity index (χ3v) is 2.25. The minimum atomic E-state index is -0.953. The predicted octanol–water partition coefficient (Wildman–Crippen LogP) is 1.30. The Kier molecular flexibility index (Phi) is 4.90. The van der Waals surface area contributed by atoms with Crippen molar-refractivity contribution >= 4 is 11.9 Å². The monoisotopic (exact) mass is 240 g/mol. The first-order chi connectivity index (χ1) is 7.99. The third-order valence-electron chi connectivity index (χ3n) is 2.25. The molecule has 0 saturated carbocycles. The van der Waals surface area contributed by atoms with Crippen molar-refractivity contribution in [2.24, 2.45) is 0 Å². The highest BCUT2D eigenvalue weighted by Gasteiger charge is 2.23. The molecular weight excluding hydrogens is 224 g/mol. The Bertz CT molecular complexity index is 363. The molecule has 0 amide bonds. The van der Waals surface area contributed by atoms with Gasteiger partial charge in [0, 0.05) is 11.6 Å². The van der Waals surface area contributed by atoms with E-state index in [1.54, 1.807) is 13.0 Å². The molecule has 5 nitrogen and oxygen atoms in total. The second kappa shape index (κ2) is 6.20. The molecule has 0 aromatic carbocycles. The zero-order valence-electron chi connectivity index (χ0n) is 9.93. The molecule has 1 aliphatic heterocycles. The molecule has 1 aliphatic rings. The SMILES string of the molecule is CC(=CC(=O)OCC1CO1)CC=C(C)C(=O)O. The highest BCUT2D eigenvalue weighted by Crippen LogP contribution is 2.09. The number of epoxide rings is 1. The molecule has 0 aromatic heterocycles. The van der Waals surface area contributed by atoms with Crippen molar-refractivity contribution in [2.45, 2.75) is 26.4 Å². The summed E-state index contributed by atoms with van der Waals surface area (Å²) in [5.41, 5.74) is 1.02. The molecule has 1 rings (SSSR count). The predicted molar refractivity (Wildman–Crippen MR) is 60.5 cm³/mol. The van der Waals surface area contributed by atoms with Crippen LogP contribution in [0.1, 0.15) is 20.3 Å². The molecule has 5 heteroatoms. The Hall–Kier alpha value is -1.62. The maximum atomic E-state index is 11.3. The molecule has 0 aliphatic carbocycles. The van der Waals surface area contributed by atoms with Gasteiger partial charge in [-0.25, -0.2) is 9.59 Å². The normalized spacial score (nSPS) is 20.0. The lowest BCUT2D eigenvalue weighted by Crippen LogP contribution is -2.07. The Balaban J connectivity index is 2.33. The average Bonchev–Trinajstić information content (AvgIpc) is 3.06. The number of hydrogen-bond donors (Lipinski definition) is 1. The van der Waals surface area contributed by atoms with Gasteiger partial charge in [-0.1, -0.05) is 11.6 Å². The van der Waals surface area contributed by atoms with E-state index in [1.807, 2.05) is 0 Å². The lowest BCUT2D eigenvalue weighted by atomic mass is 10.1. The summed E-state index contributed by atoms with van der Waals surface area (Å²) < 4.78 is 9.81. The molecule has 1 N–H and O–H groups in total. The van der Waals surface area contributed by atoms with Crippen LogP contribution in [-0.4, -0.2) is 36.4 Å². The number of allylic oxidation sites excluding steroid dienone is 2. The second-order valence-electron chi connectivity index (χ2n) is 3.97. The van der Waals surface area contributed by atoms with E-state index in [0.29, 0.717) is 13.0 Å². The Labute approximate surface area is 99.7 Å². The van der Waals surface area contributed by atoms with Crippen LogP contribution < -0.4 is 0 Å². The van der Waals surface area contributed by atoms with Gasteiger partial charge in [0.05, 0.1) is 6.61 Å². The van der Waals surface area contributed by atoms with E-state index in [-0.39, 0.29) is 18.3 Å². The van der Waals surface area contributed by atoms with Crippen molar-refractivity contribution < 1.29 is 24.2 Å². The van der Waals surface area contributed by atoms with Gasteiger partial charge in [-0.05, 0) is 20.3 Å². The molecule has 17 heavy (non-hydrogen) atoms. The minimum absolute atomic E-state index is 0.0572. The Morgan fingerprint density at radius 1 is 1.47 bits per heavy atom. The summed E-state index contributed by atoms with van der Waals surface area (Å²) in [4.78, 5) is 21.8. The van der Waals surface area contributed by atoms with Gasteiger partial charge in [0.25, 0.3) is 0 Å². The number of carboxylic acid groups (broad SMARTS) is 1. The molecule has 1 atom stereocenters. The highest BCUT2D eigenvalue weighted by molar-refractivity contribution is 5.86. The van der Waals surface area contributed by atoms with Crippen molar-refractivity contribution in [1.82, 2.24) is 0 Å². The van der Waals surface area contributed by atoms with Crippen molar-refractivity contribution in [2.75, 3.05) is 13.2 Å². The van der Waals surface area contributed by atoms with E-state index in [1.165, 1.54) is 13.0 Å². The first-order valence-electron chi connectivity index (χ1n) is 5.34. The molecule has 1 heterocycles. The molecule has 0 aromatic rings. The summed E-state index contributed by atoms with van der Waals surface area (Å²) >= 11 is 0. The third kappa shape index (κ3) is 5.87. The highest BCUT2D eigenvalue weighted by atomic mass is 16.6. The molecule has 0 radical (unpaired) electrons. The maximum Gasteiger partial charge on any atom is 0.330 e. The number of ether oxygens (including phenoxy) is 2. The summed E-state index contributed by atoms with van der Waals surface area (Å²) in [5.74, 6) is -1.37. The average molecular weight is 240 g/mol. The summed E-state index contributed by atoms with van der Waals surface area (Å²) in [6.45, 7) is 4.20. The number of hydrogen-bond acceptors (Lipinski definition) is 4. The summed E-state index contributed by atoms with van der Waals surface area (Å²) in [6, 6.07) is 0. The maximum absolute atomic E-state index is 11.3. The van der Waals surface area contributed by atoms with E-state index in [2.05, 4.69) is 0 Å². The van der Waals surface area contributed by atoms with Crippen molar-refractivity contribution in [3.05, 3.63) is 23.3 Å². The summed E-state index contributed by atoms with van der Waals surface area (Å²) in [7, 11) is 0. The van der Waals surface area contributed by atoms with Gasteiger partial charge in [0.15, 0.2) is 0 Å². The summed E-state index contributed by atoms with van der Waals surface area (Å²) in [6.07, 6.45) is 3.41. The number of carboxylic acids is 1. The molecule has 0 spiro atoms. The van der Waals surface area contributed by atoms with Crippen LogP contribution in [0, 0.1) is 0 Å². The van der Waals surface area contributed by atoms with Crippen LogP contribution in [0.2, 0.25) is 0 Å². The lowest BCUT2D eigenvalue weighted by molar-refractivity contribution is -0.138. The quantitative estimate of drug-likeness (QED) is 0.430. The Morgan fingerprint density at radius 2 is 2.12 bits per heavy atom. The van der Waals surface area contributed by atoms with E-state index < -0.39 is 11.9 Å². The van der Waals surface area contributed by atoms with Gasteiger partial charge in [-0.3, -0.25) is 0 Å². The van der Waals surface area contributed by atoms with Crippen LogP contribution in [0.5, 0.6) is 0 Å². The zero-order valence-corrected chi connectivity index (χ0v) is 9.93. The number of esters is 1. The standard InChI is InChI=1S/C12H16O5/c1-8(3-4-9(2)12(14)15)5-11(13)17-7-10-6-16-10/h4-5,10H,3,6-7H2,1-2H3,(H,14,15). The van der Waals surface area contributed by atoms with E-state index >= 15 is 0 Å². The van der Waals surface area contributed by atoms with E-state index in [9.17, 15) is 9.59 Å². The van der Waals surface area contributed by atoms with Gasteiger partial charge in [0.1, 0.15) is 12.7 Å². The largest absolute Gasteiger partial charge is 0.478 e. The summed E-state index contributed by atoms with van der Waals surface area (Å²) in [5, 5.41) is 8.64. The van der Waals surface area contributed by atoms with Crippen LogP contribution in [0.25, 0.3) is 0 Å². The van der Waals surface area contributed by atoms with E-state index in [4.69, 9.17) is 14.6 Å². The second-order valence-corrected chi connectivity index (χ2v) is 3.97. The van der Waals surface area contributed by atoms with Gasteiger partial charge in [0.2, 0.25) is 0 Å². The lowest BCUT2D eigenvalue weighted by Gasteiger charge is -2.00. The molecule has 0 bridgehead atoms. The van der Waals surface area contributed by atoms with Crippen LogP contribution in [0.15, 0.2) is 23.3 Å². The van der Waals surface area contributed by atoms with Crippen LogP contribution in [0.3, 0.4) is 0 Å². The molecular formula is C12H16O5. The van der Waals surface area contributed by atoms with Crippen LogP contribution >= 0.6 is 0 Å². The first kappa shape index (κ1) is 13.4. The smallest absolute Gasteiger partial charge is 0.330 e. The van der Waals surface area contributed by atoms with Crippen molar-refractivity contribution in [3.8, 4) is 0 Å². The van der Waals surface area contributed by atoms with Gasteiger partial charge < -0.3 is 14.6 Å². The van der Waals surface area contributed by atoms with Crippen LogP contribution in [-0.2, 0) is 19.1 Å². The fraction of sp³-hybridized carbons (Fsp3) is 0.500. The number of rotatable bonds is 6. The molecule has 1 fully saturated rings. The van der Waals surface area contributed by atoms with E-state index in [0.717, 1.165) is 5.57 Å². The topological polar surface area (TPSA) is 76.1 Å². The van der Waals surface area contributed by atoms with Crippen molar-refractivity contribution in [1.29, 1.82) is 0 Å². The van der Waals surface area contributed by atoms with Crippen LogP contribution in [0.4, 0.5) is 0 Å². The molecule has 94 valence electrons. The molecule has 1 unspecified atom stereocenters. The number of aliphatic carboxylic acids is 1. The fourth-order valence-electron chi connectivity index (χ4n) is 1.04.